The number of anilines is 2. The quantitative estimate of drug-likeness (QED) is 0.425. The van der Waals surface area contributed by atoms with Gasteiger partial charge in [0.05, 0.1) is 16.7 Å². The molecule has 0 amide bonds. The molecule has 12 heteroatoms. The van der Waals surface area contributed by atoms with Crippen LogP contribution in [0.1, 0.15) is 0 Å². The number of benzene rings is 1. The number of nitrogens with one attached hydrogen (secondary N) is 2. The molecule has 0 spiro atoms. The van der Waals surface area contributed by atoms with Crippen molar-refractivity contribution < 1.29 is 17.7 Å². The third-order valence-corrected chi connectivity index (χ3v) is 4.55. The fraction of sp³-hybridized carbons (Fsp3) is 0. The SMILES string of the molecule is NNc1cc([N+](=O)[O-])cc(F)c1S(=O)(=O)Nc1nccs1. The number of halogens is 1. The fourth-order valence-corrected chi connectivity index (χ4v) is 3.51. The zero-order chi connectivity index (χ0) is 15.6. The Balaban J connectivity index is 2.54. The Bertz CT molecular complexity index is 778. The van der Waals surface area contributed by atoms with Crippen molar-refractivity contribution in [3.63, 3.8) is 0 Å². The lowest BCUT2D eigenvalue weighted by molar-refractivity contribution is -0.385. The molecule has 0 aliphatic rings. The van der Waals surface area contributed by atoms with E-state index in [2.05, 4.69) is 9.71 Å². The van der Waals surface area contributed by atoms with Crippen LogP contribution in [0.4, 0.5) is 20.9 Å². The summed E-state index contributed by atoms with van der Waals surface area (Å²) in [7, 11) is -4.34. The molecule has 2 aromatic rings. The molecule has 4 N–H and O–H groups in total. The van der Waals surface area contributed by atoms with Gasteiger partial charge in [0.25, 0.3) is 15.7 Å². The number of non-ortho nitro benzene ring substituents is 1. The Labute approximate surface area is 121 Å². The van der Waals surface area contributed by atoms with E-state index in [1.807, 2.05) is 5.43 Å². The van der Waals surface area contributed by atoms with Crippen LogP contribution in [0, 0.1) is 15.9 Å². The van der Waals surface area contributed by atoms with Crippen molar-refractivity contribution >= 4 is 37.9 Å². The molecule has 0 unspecified atom stereocenters. The number of nitro groups is 1. The Morgan fingerprint density at radius 3 is 2.67 bits per heavy atom. The van der Waals surface area contributed by atoms with Gasteiger partial charge in [-0.25, -0.2) is 17.8 Å². The second-order valence-corrected chi connectivity index (χ2v) is 6.16. The smallest absolute Gasteiger partial charge is 0.274 e. The fourth-order valence-electron chi connectivity index (χ4n) is 1.50. The van der Waals surface area contributed by atoms with Gasteiger partial charge in [0.2, 0.25) is 0 Å². The van der Waals surface area contributed by atoms with Gasteiger partial charge < -0.3 is 5.43 Å². The topological polar surface area (TPSA) is 140 Å². The second-order valence-electron chi connectivity index (χ2n) is 3.65. The molecule has 112 valence electrons. The van der Waals surface area contributed by atoms with E-state index in [9.17, 15) is 22.9 Å². The maximum absolute atomic E-state index is 13.9. The van der Waals surface area contributed by atoms with Crippen molar-refractivity contribution in [3.8, 4) is 0 Å². The summed E-state index contributed by atoms with van der Waals surface area (Å²) in [6, 6.07) is 1.32. The lowest BCUT2D eigenvalue weighted by Crippen LogP contribution is -2.19. The van der Waals surface area contributed by atoms with Gasteiger partial charge in [-0.3, -0.25) is 20.7 Å². The first-order valence-corrected chi connectivity index (χ1v) is 7.58. The van der Waals surface area contributed by atoms with E-state index in [1.165, 1.54) is 11.6 Å². The van der Waals surface area contributed by atoms with Crippen LogP contribution < -0.4 is 16.0 Å². The molecular weight excluding hydrogens is 325 g/mol. The summed E-state index contributed by atoms with van der Waals surface area (Å²) < 4.78 is 40.3. The molecule has 0 bridgehead atoms. The molecule has 21 heavy (non-hydrogen) atoms. The first kappa shape index (κ1) is 15.1. The van der Waals surface area contributed by atoms with E-state index < -0.39 is 37.0 Å². The van der Waals surface area contributed by atoms with Gasteiger partial charge in [0.15, 0.2) is 10.9 Å². The molecule has 1 heterocycles. The van der Waals surface area contributed by atoms with Crippen LogP contribution in [0.5, 0.6) is 0 Å². The number of nitrogens with two attached hydrogens (primary N) is 1. The number of aromatic nitrogens is 1. The van der Waals surface area contributed by atoms with Gasteiger partial charge in [-0.2, -0.15) is 0 Å². The van der Waals surface area contributed by atoms with Crippen LogP contribution >= 0.6 is 11.3 Å². The van der Waals surface area contributed by atoms with Crippen molar-refractivity contribution in [1.29, 1.82) is 0 Å². The van der Waals surface area contributed by atoms with E-state index >= 15 is 0 Å². The number of sulfonamides is 1. The molecular formula is C9H8FN5O4S2. The second kappa shape index (κ2) is 5.59. The van der Waals surface area contributed by atoms with Crippen molar-refractivity contribution in [3.05, 3.63) is 39.6 Å². The monoisotopic (exact) mass is 333 g/mol. The van der Waals surface area contributed by atoms with Gasteiger partial charge in [-0.1, -0.05) is 0 Å². The van der Waals surface area contributed by atoms with Gasteiger partial charge in [-0.15, -0.1) is 11.3 Å². The van der Waals surface area contributed by atoms with E-state index in [4.69, 9.17) is 5.84 Å². The normalized spacial score (nSPS) is 11.1. The predicted octanol–water partition coefficient (Wildman–Crippen LogP) is 1.28. The Hall–Kier alpha value is -2.31. The highest BCUT2D eigenvalue weighted by molar-refractivity contribution is 7.93. The lowest BCUT2D eigenvalue weighted by Gasteiger charge is -2.11. The van der Waals surface area contributed by atoms with Crippen molar-refractivity contribution in [2.45, 2.75) is 4.90 Å². The molecule has 0 fully saturated rings. The molecule has 0 saturated carbocycles. The summed E-state index contributed by atoms with van der Waals surface area (Å²) >= 11 is 0.988. The number of rotatable bonds is 5. The van der Waals surface area contributed by atoms with Crippen LogP contribution in [0.15, 0.2) is 28.6 Å². The molecule has 0 radical (unpaired) electrons. The third kappa shape index (κ3) is 3.07. The highest BCUT2D eigenvalue weighted by atomic mass is 32.2. The number of thiazole rings is 1. The first-order chi connectivity index (χ1) is 9.85. The molecule has 0 atom stereocenters. The third-order valence-electron chi connectivity index (χ3n) is 2.32. The minimum Gasteiger partial charge on any atom is -0.323 e. The minimum absolute atomic E-state index is 0.0238. The van der Waals surface area contributed by atoms with Crippen molar-refractivity contribution in [1.82, 2.24) is 4.98 Å². The highest BCUT2D eigenvalue weighted by Crippen LogP contribution is 2.30. The van der Waals surface area contributed by atoms with Crippen LogP contribution in [0.25, 0.3) is 0 Å². The number of nitrogens with zero attached hydrogens (tertiary/aromatic N) is 2. The lowest BCUT2D eigenvalue weighted by atomic mass is 10.3. The number of nitrogen functional groups attached to an aromatic ring is 1. The number of hydrazine groups is 1. The Morgan fingerprint density at radius 2 is 2.14 bits per heavy atom. The molecule has 9 nitrogen and oxygen atoms in total. The molecule has 2 rings (SSSR count). The average molecular weight is 333 g/mol. The molecule has 0 saturated heterocycles. The summed E-state index contributed by atoms with van der Waals surface area (Å²) in [6.45, 7) is 0. The van der Waals surface area contributed by atoms with Gasteiger partial charge in [0.1, 0.15) is 4.90 Å². The van der Waals surface area contributed by atoms with E-state index in [0.717, 1.165) is 17.4 Å². The van der Waals surface area contributed by atoms with Crippen LogP contribution in [-0.2, 0) is 10.0 Å². The van der Waals surface area contributed by atoms with Crippen LogP contribution in [-0.4, -0.2) is 18.3 Å². The zero-order valence-electron chi connectivity index (χ0n) is 10.1. The van der Waals surface area contributed by atoms with Crippen molar-refractivity contribution in [2.75, 3.05) is 10.1 Å². The van der Waals surface area contributed by atoms with E-state index in [0.29, 0.717) is 6.07 Å². The zero-order valence-corrected chi connectivity index (χ0v) is 11.7. The van der Waals surface area contributed by atoms with E-state index in [-0.39, 0.29) is 5.13 Å². The Kier molecular flexibility index (Phi) is 4.02. The molecule has 1 aromatic carbocycles. The maximum Gasteiger partial charge on any atom is 0.274 e. The standard InChI is InChI=1S/C9H8FN5O4S2/c10-6-3-5(15(16)17)4-7(13-11)8(6)21(18,19)14-9-12-1-2-20-9/h1-4,13H,11H2,(H,12,14). The molecule has 0 aliphatic heterocycles. The largest absolute Gasteiger partial charge is 0.323 e. The maximum atomic E-state index is 13.9. The van der Waals surface area contributed by atoms with Crippen LogP contribution in [0.2, 0.25) is 0 Å². The Morgan fingerprint density at radius 1 is 1.43 bits per heavy atom. The summed E-state index contributed by atoms with van der Waals surface area (Å²) in [4.78, 5) is 12.6. The summed E-state index contributed by atoms with van der Waals surface area (Å²) in [5.74, 6) is 3.81. The predicted molar refractivity (Wildman–Crippen MR) is 73.8 cm³/mol. The van der Waals surface area contributed by atoms with Gasteiger partial charge >= 0.3 is 0 Å². The van der Waals surface area contributed by atoms with Crippen molar-refractivity contribution in [2.24, 2.45) is 5.84 Å². The van der Waals surface area contributed by atoms with E-state index in [1.54, 1.807) is 0 Å². The van der Waals surface area contributed by atoms with Gasteiger partial charge in [-0.05, 0) is 0 Å². The summed E-state index contributed by atoms with van der Waals surface area (Å²) in [5.41, 5.74) is 0.867. The minimum atomic E-state index is -4.34. The molecule has 0 aliphatic carbocycles. The number of nitro benzene ring substituents is 1. The number of hydrogen-bond acceptors (Lipinski definition) is 8. The first-order valence-electron chi connectivity index (χ1n) is 5.22. The highest BCUT2D eigenvalue weighted by Gasteiger charge is 2.27. The van der Waals surface area contributed by atoms with Crippen LogP contribution in [0.3, 0.4) is 0 Å². The summed E-state index contributed by atoms with van der Waals surface area (Å²) in [6.07, 6.45) is 1.36. The molecule has 1 aromatic heterocycles. The average Bonchev–Trinajstić information content (AvgIpc) is 2.89. The summed E-state index contributed by atoms with van der Waals surface area (Å²) in [5, 5.41) is 12.2. The van der Waals surface area contributed by atoms with Gasteiger partial charge in [0, 0.05) is 17.6 Å². The number of hydrogen-bond donors (Lipinski definition) is 3.